The minimum atomic E-state index is -0.296. The number of nitrogens with zero attached hydrogens (tertiary/aromatic N) is 4. The molecule has 2 heterocycles. The summed E-state index contributed by atoms with van der Waals surface area (Å²) in [5.74, 6) is 0.0991. The number of carbonyl (C=O) groups is 1. The SMILES string of the molecule is CC(C(=O)N1CCNCC1(C)C)n1cncn1. The van der Waals surface area contributed by atoms with E-state index >= 15 is 0 Å². The number of hydrogen-bond acceptors (Lipinski definition) is 4. The lowest BCUT2D eigenvalue weighted by Crippen LogP contribution is -2.60. The van der Waals surface area contributed by atoms with Gasteiger partial charge in [-0.15, -0.1) is 0 Å². The van der Waals surface area contributed by atoms with Gasteiger partial charge in [0, 0.05) is 25.2 Å². The van der Waals surface area contributed by atoms with Crippen molar-refractivity contribution in [2.45, 2.75) is 32.4 Å². The first-order chi connectivity index (χ1) is 8.02. The van der Waals surface area contributed by atoms with Crippen molar-refractivity contribution >= 4 is 5.91 Å². The molecule has 1 aromatic rings. The van der Waals surface area contributed by atoms with Crippen LogP contribution >= 0.6 is 0 Å². The summed E-state index contributed by atoms with van der Waals surface area (Å²) in [5, 5.41) is 7.33. The second-order valence-electron chi connectivity index (χ2n) is 5.03. The van der Waals surface area contributed by atoms with E-state index in [2.05, 4.69) is 29.2 Å². The van der Waals surface area contributed by atoms with Gasteiger partial charge in [0.15, 0.2) is 0 Å². The quantitative estimate of drug-likeness (QED) is 0.789. The van der Waals surface area contributed by atoms with Gasteiger partial charge in [0.25, 0.3) is 0 Å². The van der Waals surface area contributed by atoms with Crippen LogP contribution in [0.2, 0.25) is 0 Å². The Bertz CT molecular complexity index is 387. The molecule has 1 unspecified atom stereocenters. The van der Waals surface area contributed by atoms with Gasteiger partial charge in [0.05, 0.1) is 0 Å². The van der Waals surface area contributed by atoms with Gasteiger partial charge in [-0.1, -0.05) is 0 Å². The van der Waals surface area contributed by atoms with Gasteiger partial charge in [-0.25, -0.2) is 9.67 Å². The van der Waals surface area contributed by atoms with E-state index in [9.17, 15) is 4.79 Å². The average molecular weight is 237 g/mol. The molecule has 1 amide bonds. The first-order valence-electron chi connectivity index (χ1n) is 5.89. The predicted octanol–water partition coefficient (Wildman–Crippen LogP) is 0.0495. The molecule has 0 spiro atoms. The number of aromatic nitrogens is 3. The number of amides is 1. The first kappa shape index (κ1) is 12.0. The summed E-state index contributed by atoms with van der Waals surface area (Å²) in [6, 6.07) is -0.296. The van der Waals surface area contributed by atoms with Crippen molar-refractivity contribution in [1.82, 2.24) is 25.0 Å². The molecular formula is C11H19N5O. The van der Waals surface area contributed by atoms with E-state index in [0.717, 1.165) is 19.6 Å². The molecule has 1 N–H and O–H groups in total. The molecule has 17 heavy (non-hydrogen) atoms. The Hall–Kier alpha value is -1.43. The lowest BCUT2D eigenvalue weighted by molar-refractivity contribution is -0.141. The summed E-state index contributed by atoms with van der Waals surface area (Å²) < 4.78 is 1.60. The fourth-order valence-corrected chi connectivity index (χ4v) is 2.15. The van der Waals surface area contributed by atoms with E-state index in [0.29, 0.717) is 0 Å². The number of piperazine rings is 1. The zero-order chi connectivity index (χ0) is 12.5. The van der Waals surface area contributed by atoms with Crippen molar-refractivity contribution in [1.29, 1.82) is 0 Å². The molecule has 1 aromatic heterocycles. The third-order valence-electron chi connectivity index (χ3n) is 3.26. The molecule has 0 aliphatic carbocycles. The maximum absolute atomic E-state index is 12.4. The highest BCUT2D eigenvalue weighted by Gasteiger charge is 2.35. The van der Waals surface area contributed by atoms with Gasteiger partial charge < -0.3 is 10.2 Å². The Morgan fingerprint density at radius 3 is 2.88 bits per heavy atom. The Morgan fingerprint density at radius 2 is 2.29 bits per heavy atom. The number of carbonyl (C=O) groups excluding carboxylic acids is 1. The van der Waals surface area contributed by atoms with Crippen LogP contribution in [0, 0.1) is 0 Å². The van der Waals surface area contributed by atoms with Crippen LogP contribution in [0.4, 0.5) is 0 Å². The summed E-state index contributed by atoms with van der Waals surface area (Å²) in [4.78, 5) is 18.2. The fourth-order valence-electron chi connectivity index (χ4n) is 2.15. The normalized spacial score (nSPS) is 21.2. The molecule has 1 aliphatic rings. The number of nitrogens with one attached hydrogen (secondary N) is 1. The second kappa shape index (κ2) is 4.44. The molecule has 0 aromatic carbocycles. The molecule has 1 fully saturated rings. The zero-order valence-electron chi connectivity index (χ0n) is 10.6. The van der Waals surface area contributed by atoms with Gasteiger partial charge in [0.1, 0.15) is 18.7 Å². The van der Waals surface area contributed by atoms with E-state index in [1.54, 1.807) is 11.0 Å². The lowest BCUT2D eigenvalue weighted by Gasteiger charge is -2.43. The number of hydrogen-bond donors (Lipinski definition) is 1. The van der Waals surface area contributed by atoms with Gasteiger partial charge in [0.2, 0.25) is 5.91 Å². The zero-order valence-corrected chi connectivity index (χ0v) is 10.6. The highest BCUT2D eigenvalue weighted by molar-refractivity contribution is 5.80. The molecule has 1 aliphatic heterocycles. The van der Waals surface area contributed by atoms with E-state index in [-0.39, 0.29) is 17.5 Å². The van der Waals surface area contributed by atoms with Crippen molar-refractivity contribution in [3.8, 4) is 0 Å². The number of rotatable bonds is 2. The average Bonchev–Trinajstić information content (AvgIpc) is 2.80. The van der Waals surface area contributed by atoms with Crippen molar-refractivity contribution in [2.24, 2.45) is 0 Å². The topological polar surface area (TPSA) is 63.1 Å². The minimum absolute atomic E-state index is 0.0991. The summed E-state index contributed by atoms with van der Waals surface area (Å²) in [6.07, 6.45) is 3.03. The van der Waals surface area contributed by atoms with Crippen LogP contribution in [-0.2, 0) is 4.79 Å². The van der Waals surface area contributed by atoms with Gasteiger partial charge in [-0.3, -0.25) is 4.79 Å². The van der Waals surface area contributed by atoms with Crippen LogP contribution in [0.1, 0.15) is 26.8 Å². The molecule has 94 valence electrons. The smallest absolute Gasteiger partial charge is 0.247 e. The van der Waals surface area contributed by atoms with Crippen LogP contribution in [0.5, 0.6) is 0 Å². The van der Waals surface area contributed by atoms with Crippen LogP contribution < -0.4 is 5.32 Å². The van der Waals surface area contributed by atoms with Crippen LogP contribution in [-0.4, -0.2) is 50.7 Å². The fraction of sp³-hybridized carbons (Fsp3) is 0.727. The van der Waals surface area contributed by atoms with E-state index in [1.807, 2.05) is 11.8 Å². The Kier molecular flexibility index (Phi) is 3.15. The summed E-state index contributed by atoms with van der Waals surface area (Å²) in [5.41, 5.74) is -0.149. The third-order valence-corrected chi connectivity index (χ3v) is 3.26. The first-order valence-corrected chi connectivity index (χ1v) is 5.89. The van der Waals surface area contributed by atoms with Gasteiger partial charge in [-0.2, -0.15) is 5.10 Å². The summed E-state index contributed by atoms with van der Waals surface area (Å²) in [6.45, 7) is 8.41. The molecule has 0 radical (unpaired) electrons. The standard InChI is InChI=1S/C11H19N5O/c1-9(16-8-13-7-14-16)10(17)15-5-4-12-6-11(15,2)3/h7-9,12H,4-6H2,1-3H3. The minimum Gasteiger partial charge on any atom is -0.333 e. The van der Waals surface area contributed by atoms with Crippen molar-refractivity contribution in [3.63, 3.8) is 0 Å². The van der Waals surface area contributed by atoms with Crippen LogP contribution in [0.25, 0.3) is 0 Å². The van der Waals surface area contributed by atoms with E-state index < -0.39 is 0 Å². The molecule has 1 saturated heterocycles. The molecule has 1 atom stereocenters. The second-order valence-corrected chi connectivity index (χ2v) is 5.03. The van der Waals surface area contributed by atoms with Crippen molar-refractivity contribution in [2.75, 3.05) is 19.6 Å². The monoisotopic (exact) mass is 237 g/mol. The summed E-state index contributed by atoms with van der Waals surface area (Å²) in [7, 11) is 0. The Morgan fingerprint density at radius 1 is 1.53 bits per heavy atom. The summed E-state index contributed by atoms with van der Waals surface area (Å²) >= 11 is 0. The van der Waals surface area contributed by atoms with E-state index in [4.69, 9.17) is 0 Å². The highest BCUT2D eigenvalue weighted by Crippen LogP contribution is 2.20. The van der Waals surface area contributed by atoms with E-state index in [1.165, 1.54) is 6.33 Å². The molecule has 6 nitrogen and oxygen atoms in total. The molecule has 0 bridgehead atoms. The molecular weight excluding hydrogens is 218 g/mol. The van der Waals surface area contributed by atoms with Crippen molar-refractivity contribution < 1.29 is 4.79 Å². The largest absolute Gasteiger partial charge is 0.333 e. The van der Waals surface area contributed by atoms with Crippen LogP contribution in [0.15, 0.2) is 12.7 Å². The molecule has 2 rings (SSSR count). The lowest BCUT2D eigenvalue weighted by atomic mass is 9.99. The molecule has 0 saturated carbocycles. The Balaban J connectivity index is 2.14. The Labute approximate surface area is 101 Å². The van der Waals surface area contributed by atoms with Crippen molar-refractivity contribution in [3.05, 3.63) is 12.7 Å². The van der Waals surface area contributed by atoms with Crippen LogP contribution in [0.3, 0.4) is 0 Å². The predicted molar refractivity (Wildman–Crippen MR) is 63.4 cm³/mol. The maximum atomic E-state index is 12.4. The third kappa shape index (κ3) is 2.31. The van der Waals surface area contributed by atoms with Gasteiger partial charge in [-0.05, 0) is 20.8 Å². The molecule has 6 heteroatoms. The maximum Gasteiger partial charge on any atom is 0.247 e. The van der Waals surface area contributed by atoms with Gasteiger partial charge >= 0.3 is 0 Å². The highest BCUT2D eigenvalue weighted by atomic mass is 16.2.